The lowest BCUT2D eigenvalue weighted by molar-refractivity contribution is 0.0690. The Morgan fingerprint density at radius 1 is 1.28 bits per heavy atom. The van der Waals surface area contributed by atoms with Crippen molar-refractivity contribution < 1.29 is 19.4 Å². The molecule has 0 amide bonds. The van der Waals surface area contributed by atoms with Crippen molar-refractivity contribution in [3.63, 3.8) is 0 Å². The number of rotatable bonds is 3. The number of carboxylic acids is 1. The highest BCUT2D eigenvalue weighted by atomic mass is 19.1. The largest absolute Gasteiger partial charge is 0.508 e. The molecule has 92 valence electrons. The summed E-state index contributed by atoms with van der Waals surface area (Å²) in [5.41, 5.74) is 0.390. The Kier molecular flexibility index (Phi) is 3.09. The summed E-state index contributed by atoms with van der Waals surface area (Å²) in [6, 6.07) is 6.44. The Balaban J connectivity index is 2.28. The van der Waals surface area contributed by atoms with Crippen molar-refractivity contribution in [1.82, 2.24) is 4.98 Å². The summed E-state index contributed by atoms with van der Waals surface area (Å²) in [6.07, 6.45) is 1.31. The molecule has 0 spiro atoms. The minimum Gasteiger partial charge on any atom is -0.508 e. The number of carboxylic acid groups (broad SMARTS) is 1. The van der Waals surface area contributed by atoms with Crippen LogP contribution in [-0.4, -0.2) is 21.2 Å². The number of hydrogen-bond acceptors (Lipinski definition) is 4. The zero-order chi connectivity index (χ0) is 13.1. The van der Waals surface area contributed by atoms with Crippen molar-refractivity contribution >= 4 is 17.3 Å². The summed E-state index contributed by atoms with van der Waals surface area (Å²) in [7, 11) is 0. The van der Waals surface area contributed by atoms with Gasteiger partial charge in [-0.05, 0) is 24.3 Å². The van der Waals surface area contributed by atoms with Crippen LogP contribution < -0.4 is 5.32 Å². The first kappa shape index (κ1) is 11.8. The number of nitrogens with zero attached hydrogens (tertiary/aromatic N) is 1. The first-order valence-corrected chi connectivity index (χ1v) is 5.01. The van der Waals surface area contributed by atoms with E-state index < -0.39 is 11.8 Å². The lowest BCUT2D eigenvalue weighted by atomic mass is 10.2. The van der Waals surface area contributed by atoms with Gasteiger partial charge in [-0.1, -0.05) is 0 Å². The third kappa shape index (κ3) is 2.54. The monoisotopic (exact) mass is 248 g/mol. The number of aromatic nitrogens is 1. The molecule has 0 radical (unpaired) electrons. The van der Waals surface area contributed by atoms with E-state index in [1.807, 2.05) is 0 Å². The molecule has 0 fully saturated rings. The van der Waals surface area contributed by atoms with Gasteiger partial charge in [0.15, 0.2) is 0 Å². The first-order chi connectivity index (χ1) is 8.56. The molecule has 3 N–H and O–H groups in total. The number of anilines is 2. The second-order valence-electron chi connectivity index (χ2n) is 3.52. The molecule has 0 saturated heterocycles. The highest BCUT2D eigenvalue weighted by molar-refractivity contribution is 5.86. The Morgan fingerprint density at radius 3 is 2.72 bits per heavy atom. The predicted molar refractivity (Wildman–Crippen MR) is 62.5 cm³/mol. The van der Waals surface area contributed by atoms with E-state index in [0.717, 1.165) is 6.07 Å². The van der Waals surface area contributed by atoms with Crippen molar-refractivity contribution in [3.05, 3.63) is 48.0 Å². The maximum atomic E-state index is 13.4. The van der Waals surface area contributed by atoms with E-state index in [-0.39, 0.29) is 17.1 Å². The SMILES string of the molecule is O=C(O)c1cc(Nc2ccc(O)cc2F)ccn1. The minimum atomic E-state index is -1.16. The Labute approximate surface area is 102 Å². The summed E-state index contributed by atoms with van der Waals surface area (Å²) in [5.74, 6) is -1.98. The van der Waals surface area contributed by atoms with Crippen LogP contribution in [0.1, 0.15) is 10.5 Å². The van der Waals surface area contributed by atoms with E-state index in [0.29, 0.717) is 5.69 Å². The van der Waals surface area contributed by atoms with Crippen molar-refractivity contribution in [2.45, 2.75) is 0 Å². The second kappa shape index (κ2) is 4.70. The van der Waals surface area contributed by atoms with E-state index >= 15 is 0 Å². The molecular formula is C12H9FN2O3. The molecule has 6 heteroatoms. The van der Waals surface area contributed by atoms with Crippen LogP contribution in [0.15, 0.2) is 36.5 Å². The Bertz CT molecular complexity index is 602. The molecule has 0 atom stereocenters. The van der Waals surface area contributed by atoms with Gasteiger partial charge in [-0.3, -0.25) is 0 Å². The number of hydrogen-bond donors (Lipinski definition) is 3. The number of benzene rings is 1. The zero-order valence-corrected chi connectivity index (χ0v) is 9.09. The van der Waals surface area contributed by atoms with E-state index in [4.69, 9.17) is 10.2 Å². The average Bonchev–Trinajstić information content (AvgIpc) is 2.33. The summed E-state index contributed by atoms with van der Waals surface area (Å²) in [5, 5.41) is 20.5. The maximum Gasteiger partial charge on any atom is 0.354 e. The maximum absolute atomic E-state index is 13.4. The van der Waals surface area contributed by atoms with Gasteiger partial charge in [-0.2, -0.15) is 0 Å². The molecule has 2 aromatic rings. The first-order valence-electron chi connectivity index (χ1n) is 5.01. The van der Waals surface area contributed by atoms with Gasteiger partial charge < -0.3 is 15.5 Å². The fraction of sp³-hybridized carbons (Fsp3) is 0. The fourth-order valence-electron chi connectivity index (χ4n) is 1.39. The van der Waals surface area contributed by atoms with Crippen LogP contribution in [0.5, 0.6) is 5.75 Å². The number of phenolic OH excluding ortho intramolecular Hbond substituents is 1. The Morgan fingerprint density at radius 2 is 2.06 bits per heavy atom. The van der Waals surface area contributed by atoms with Gasteiger partial charge in [-0.25, -0.2) is 14.2 Å². The lowest BCUT2D eigenvalue weighted by Gasteiger charge is -2.08. The number of pyridine rings is 1. The highest BCUT2D eigenvalue weighted by Crippen LogP contribution is 2.23. The number of halogens is 1. The summed E-state index contributed by atoms with van der Waals surface area (Å²) >= 11 is 0. The van der Waals surface area contributed by atoms with E-state index in [1.54, 1.807) is 0 Å². The molecule has 0 aliphatic heterocycles. The van der Waals surface area contributed by atoms with Gasteiger partial charge in [0.1, 0.15) is 17.3 Å². The molecule has 1 heterocycles. The third-order valence-corrected chi connectivity index (χ3v) is 2.21. The third-order valence-electron chi connectivity index (χ3n) is 2.21. The van der Waals surface area contributed by atoms with Crippen LogP contribution in [0.4, 0.5) is 15.8 Å². The van der Waals surface area contributed by atoms with Crippen LogP contribution >= 0.6 is 0 Å². The van der Waals surface area contributed by atoms with Crippen LogP contribution in [0.3, 0.4) is 0 Å². The van der Waals surface area contributed by atoms with Crippen LogP contribution in [-0.2, 0) is 0 Å². The van der Waals surface area contributed by atoms with Gasteiger partial charge in [-0.15, -0.1) is 0 Å². The predicted octanol–water partition coefficient (Wildman–Crippen LogP) is 2.37. The molecule has 2 rings (SSSR count). The van der Waals surface area contributed by atoms with Crippen molar-refractivity contribution in [2.75, 3.05) is 5.32 Å². The van der Waals surface area contributed by atoms with Gasteiger partial charge in [0.2, 0.25) is 0 Å². The minimum absolute atomic E-state index is 0.135. The molecule has 0 saturated carbocycles. The standard InChI is InChI=1S/C12H9FN2O3/c13-9-6-8(16)1-2-10(9)15-7-3-4-14-11(5-7)12(17)18/h1-6,16H,(H,14,15)(H,17,18). The summed E-state index contributed by atoms with van der Waals surface area (Å²) < 4.78 is 13.4. The molecule has 1 aromatic carbocycles. The van der Waals surface area contributed by atoms with Crippen molar-refractivity contribution in [3.8, 4) is 5.75 Å². The smallest absolute Gasteiger partial charge is 0.354 e. The number of carbonyl (C=O) groups is 1. The zero-order valence-electron chi connectivity index (χ0n) is 9.09. The molecule has 5 nitrogen and oxygen atoms in total. The number of phenols is 1. The molecule has 18 heavy (non-hydrogen) atoms. The summed E-state index contributed by atoms with van der Waals surface area (Å²) in [4.78, 5) is 14.4. The van der Waals surface area contributed by atoms with E-state index in [1.165, 1.54) is 30.5 Å². The summed E-state index contributed by atoms with van der Waals surface area (Å²) in [6.45, 7) is 0. The molecule has 1 aromatic heterocycles. The normalized spacial score (nSPS) is 10.1. The molecule has 0 aliphatic rings. The van der Waals surface area contributed by atoms with Gasteiger partial charge >= 0.3 is 5.97 Å². The van der Waals surface area contributed by atoms with Crippen LogP contribution in [0.25, 0.3) is 0 Å². The fourth-order valence-corrected chi connectivity index (χ4v) is 1.39. The van der Waals surface area contributed by atoms with Gasteiger partial charge in [0, 0.05) is 18.0 Å². The topological polar surface area (TPSA) is 82.5 Å². The highest BCUT2D eigenvalue weighted by Gasteiger charge is 2.07. The van der Waals surface area contributed by atoms with Gasteiger partial charge in [0.25, 0.3) is 0 Å². The molecule has 0 bridgehead atoms. The number of aromatic carboxylic acids is 1. The second-order valence-corrected chi connectivity index (χ2v) is 3.52. The average molecular weight is 248 g/mol. The van der Waals surface area contributed by atoms with E-state index in [9.17, 15) is 9.18 Å². The van der Waals surface area contributed by atoms with Crippen LogP contribution in [0.2, 0.25) is 0 Å². The lowest BCUT2D eigenvalue weighted by Crippen LogP contribution is -2.01. The van der Waals surface area contributed by atoms with Gasteiger partial charge in [0.05, 0.1) is 5.69 Å². The van der Waals surface area contributed by atoms with Crippen molar-refractivity contribution in [1.29, 1.82) is 0 Å². The molecular weight excluding hydrogens is 239 g/mol. The Hall–Kier alpha value is -2.63. The quantitative estimate of drug-likeness (QED) is 0.726. The molecule has 0 unspecified atom stereocenters. The van der Waals surface area contributed by atoms with E-state index in [2.05, 4.69) is 10.3 Å². The number of nitrogens with one attached hydrogen (secondary N) is 1. The van der Waals surface area contributed by atoms with Crippen LogP contribution in [0, 0.1) is 5.82 Å². The molecule has 0 aliphatic carbocycles. The van der Waals surface area contributed by atoms with Crippen molar-refractivity contribution in [2.24, 2.45) is 0 Å². The number of aromatic hydroxyl groups is 1.